The molecule has 0 spiro atoms. The Labute approximate surface area is 136 Å². The van der Waals surface area contributed by atoms with Gasteiger partial charge in [-0.05, 0) is 37.3 Å². The van der Waals surface area contributed by atoms with Crippen LogP contribution in [-0.2, 0) is 10.4 Å². The van der Waals surface area contributed by atoms with E-state index in [1.54, 1.807) is 31.3 Å². The topological polar surface area (TPSA) is 57.6 Å². The Kier molecular flexibility index (Phi) is 3.59. The van der Waals surface area contributed by atoms with Gasteiger partial charge in [-0.1, -0.05) is 11.6 Å². The first-order chi connectivity index (χ1) is 10.3. The zero-order chi connectivity index (χ0) is 16.1. The molecule has 22 heavy (non-hydrogen) atoms. The summed E-state index contributed by atoms with van der Waals surface area (Å²) in [7, 11) is 1.58. The normalized spacial score (nSPS) is 20.4. The second-order valence-corrected chi connectivity index (χ2v) is 7.12. The number of rotatable bonds is 3. The number of halogens is 1. The number of anilines is 1. The molecule has 6 heteroatoms. The van der Waals surface area contributed by atoms with E-state index in [2.05, 4.69) is 0 Å². The minimum absolute atomic E-state index is 0.254. The summed E-state index contributed by atoms with van der Waals surface area (Å²) in [6.45, 7) is 1.90. The van der Waals surface area contributed by atoms with Crippen molar-refractivity contribution in [3.63, 3.8) is 0 Å². The lowest BCUT2D eigenvalue weighted by molar-refractivity contribution is -0.135. The number of benzene rings is 1. The van der Waals surface area contributed by atoms with Crippen LogP contribution < -0.4 is 4.90 Å². The van der Waals surface area contributed by atoms with Crippen molar-refractivity contribution in [1.29, 1.82) is 0 Å². The van der Waals surface area contributed by atoms with Crippen molar-refractivity contribution in [1.82, 2.24) is 0 Å². The van der Waals surface area contributed by atoms with Crippen LogP contribution in [0.15, 0.2) is 30.3 Å². The highest BCUT2D eigenvalue weighted by Crippen LogP contribution is 2.43. The van der Waals surface area contributed by atoms with E-state index in [0.29, 0.717) is 21.2 Å². The quantitative estimate of drug-likeness (QED) is 0.877. The summed E-state index contributed by atoms with van der Waals surface area (Å²) in [5.74, 6) is -0.762. The van der Waals surface area contributed by atoms with Crippen molar-refractivity contribution in [2.24, 2.45) is 0 Å². The maximum absolute atomic E-state index is 12.5. The van der Waals surface area contributed by atoms with Crippen LogP contribution in [0.2, 0.25) is 5.02 Å². The van der Waals surface area contributed by atoms with Gasteiger partial charge in [0.05, 0.1) is 17.0 Å². The number of carbonyl (C=O) groups is 2. The van der Waals surface area contributed by atoms with Crippen molar-refractivity contribution in [2.45, 2.75) is 18.9 Å². The van der Waals surface area contributed by atoms with Gasteiger partial charge in [0, 0.05) is 22.5 Å². The lowest BCUT2D eigenvalue weighted by Crippen LogP contribution is -2.40. The van der Waals surface area contributed by atoms with Crippen LogP contribution in [0.4, 0.5) is 5.69 Å². The molecule has 1 aromatic carbocycles. The third-order valence-corrected chi connectivity index (χ3v) is 5.13. The van der Waals surface area contributed by atoms with E-state index in [1.165, 1.54) is 16.2 Å². The Morgan fingerprint density at radius 2 is 2.09 bits per heavy atom. The number of fused-ring (bicyclic) bond motifs is 1. The van der Waals surface area contributed by atoms with Gasteiger partial charge in [0.25, 0.3) is 5.91 Å². The second-order valence-electron chi connectivity index (χ2n) is 5.40. The molecule has 4 nitrogen and oxygen atoms in total. The van der Waals surface area contributed by atoms with Gasteiger partial charge in [0.2, 0.25) is 0 Å². The molecule has 0 radical (unpaired) electrons. The Bertz CT molecular complexity index is 785. The molecule has 1 aliphatic heterocycles. The first-order valence-corrected chi connectivity index (χ1v) is 7.92. The van der Waals surface area contributed by atoms with Gasteiger partial charge in [-0.15, -0.1) is 11.3 Å². The molecule has 1 aliphatic rings. The second kappa shape index (κ2) is 5.19. The Morgan fingerprint density at radius 3 is 2.73 bits per heavy atom. The van der Waals surface area contributed by atoms with Crippen molar-refractivity contribution in [2.75, 3.05) is 11.9 Å². The van der Waals surface area contributed by atoms with Gasteiger partial charge in [0.1, 0.15) is 0 Å². The number of hydrogen-bond acceptors (Lipinski definition) is 4. The fourth-order valence-electron chi connectivity index (χ4n) is 2.71. The highest BCUT2D eigenvalue weighted by molar-refractivity contribution is 7.14. The van der Waals surface area contributed by atoms with Gasteiger partial charge in [-0.2, -0.15) is 0 Å². The minimum Gasteiger partial charge on any atom is -0.375 e. The highest BCUT2D eigenvalue weighted by Gasteiger charge is 2.49. The van der Waals surface area contributed by atoms with Crippen LogP contribution in [0.5, 0.6) is 0 Å². The first-order valence-electron chi connectivity index (χ1n) is 6.73. The van der Waals surface area contributed by atoms with Gasteiger partial charge in [0.15, 0.2) is 11.4 Å². The van der Waals surface area contributed by atoms with Crippen molar-refractivity contribution in [3.8, 4) is 0 Å². The molecule has 2 heterocycles. The number of Topliss-reactive ketones (excluding diaryl/α,β-unsaturated/α-hetero) is 1. The SMILES string of the molecule is Cc1ccc(C(=O)C[C@@]2(O)C(=O)N(C)c3ccc(Cl)cc32)s1. The number of likely N-dealkylation sites (N-methyl/N-ethyl adjacent to an activating group) is 1. The molecule has 1 aromatic heterocycles. The van der Waals surface area contributed by atoms with E-state index in [1.807, 2.05) is 13.0 Å². The van der Waals surface area contributed by atoms with E-state index in [-0.39, 0.29) is 12.2 Å². The van der Waals surface area contributed by atoms with Crippen LogP contribution in [0, 0.1) is 6.92 Å². The van der Waals surface area contributed by atoms with E-state index in [9.17, 15) is 14.7 Å². The van der Waals surface area contributed by atoms with Crippen molar-refractivity contribution >= 4 is 40.3 Å². The molecule has 1 amide bonds. The fraction of sp³-hybridized carbons (Fsp3) is 0.250. The third kappa shape index (κ3) is 2.26. The van der Waals surface area contributed by atoms with Crippen LogP contribution in [0.1, 0.15) is 26.5 Å². The van der Waals surface area contributed by atoms with Crippen LogP contribution in [-0.4, -0.2) is 23.8 Å². The lowest BCUT2D eigenvalue weighted by Gasteiger charge is -2.20. The van der Waals surface area contributed by atoms with Crippen molar-refractivity contribution in [3.05, 3.63) is 50.7 Å². The molecule has 0 fully saturated rings. The fourth-order valence-corrected chi connectivity index (χ4v) is 3.69. The number of hydrogen-bond donors (Lipinski definition) is 1. The van der Waals surface area contributed by atoms with Gasteiger partial charge in [-0.3, -0.25) is 9.59 Å². The number of amides is 1. The molecule has 0 bridgehead atoms. The van der Waals surface area contributed by atoms with Crippen LogP contribution in [0.25, 0.3) is 0 Å². The predicted molar refractivity (Wildman–Crippen MR) is 86.8 cm³/mol. The minimum atomic E-state index is -1.86. The molecule has 0 saturated carbocycles. The van der Waals surface area contributed by atoms with Gasteiger partial charge >= 0.3 is 0 Å². The third-order valence-electron chi connectivity index (χ3n) is 3.86. The molecule has 1 N–H and O–H groups in total. The molecule has 0 saturated heterocycles. The standard InChI is InChI=1S/C16H14ClNO3S/c1-9-3-6-14(22-9)13(19)8-16(21)11-7-10(17)4-5-12(11)18(2)15(16)20/h3-7,21H,8H2,1-2H3/t16-/m0/s1. The Morgan fingerprint density at radius 1 is 1.36 bits per heavy atom. The largest absolute Gasteiger partial charge is 0.375 e. The number of ketones is 1. The molecular formula is C16H14ClNO3S. The number of carbonyl (C=O) groups excluding carboxylic acids is 2. The van der Waals surface area contributed by atoms with Crippen molar-refractivity contribution < 1.29 is 14.7 Å². The molecule has 1 atom stereocenters. The van der Waals surface area contributed by atoms with E-state index in [4.69, 9.17) is 11.6 Å². The maximum Gasteiger partial charge on any atom is 0.263 e. The average molecular weight is 336 g/mol. The molecule has 3 rings (SSSR count). The first kappa shape index (κ1) is 15.2. The summed E-state index contributed by atoms with van der Waals surface area (Å²) in [6, 6.07) is 8.43. The molecule has 0 aliphatic carbocycles. The van der Waals surface area contributed by atoms with Gasteiger partial charge < -0.3 is 10.0 Å². The zero-order valence-corrected chi connectivity index (χ0v) is 13.7. The van der Waals surface area contributed by atoms with Crippen LogP contribution in [0.3, 0.4) is 0 Å². The highest BCUT2D eigenvalue weighted by atomic mass is 35.5. The predicted octanol–water partition coefficient (Wildman–Crippen LogP) is 3.15. The Balaban J connectivity index is 2.00. The number of thiophene rings is 1. The summed E-state index contributed by atoms with van der Waals surface area (Å²) in [4.78, 5) is 27.8. The average Bonchev–Trinajstić information content (AvgIpc) is 2.98. The number of aliphatic hydroxyl groups is 1. The lowest BCUT2D eigenvalue weighted by atomic mass is 9.89. The van der Waals surface area contributed by atoms with Crippen LogP contribution >= 0.6 is 22.9 Å². The van der Waals surface area contributed by atoms with E-state index >= 15 is 0 Å². The van der Waals surface area contributed by atoms with E-state index in [0.717, 1.165) is 4.88 Å². The molecule has 114 valence electrons. The maximum atomic E-state index is 12.5. The van der Waals surface area contributed by atoms with E-state index < -0.39 is 11.5 Å². The number of aryl methyl sites for hydroxylation is 1. The van der Waals surface area contributed by atoms with Gasteiger partial charge in [-0.25, -0.2) is 0 Å². The summed E-state index contributed by atoms with van der Waals surface area (Å²) < 4.78 is 0. The summed E-state index contributed by atoms with van der Waals surface area (Å²) in [5.41, 5.74) is -0.898. The molecular weight excluding hydrogens is 322 g/mol. The summed E-state index contributed by atoms with van der Waals surface area (Å²) >= 11 is 7.33. The Hall–Kier alpha value is -1.69. The monoisotopic (exact) mass is 335 g/mol. The smallest absolute Gasteiger partial charge is 0.263 e. The summed E-state index contributed by atoms with van der Waals surface area (Å²) in [6.07, 6.45) is -0.288. The zero-order valence-electron chi connectivity index (χ0n) is 12.1. The molecule has 2 aromatic rings. The summed E-state index contributed by atoms with van der Waals surface area (Å²) in [5, 5.41) is 11.3. The number of nitrogens with zero attached hydrogens (tertiary/aromatic N) is 1. The molecule has 0 unspecified atom stereocenters.